The Hall–Kier alpha value is -3.11. The summed E-state index contributed by atoms with van der Waals surface area (Å²) in [5.74, 6) is 0. The zero-order chi connectivity index (χ0) is 29.4. The summed E-state index contributed by atoms with van der Waals surface area (Å²) in [6.45, 7) is 20.4. The number of halogens is 1. The monoisotopic (exact) mass is 577 g/mol. The van der Waals surface area contributed by atoms with Gasteiger partial charge in [-0.05, 0) is 102 Å². The van der Waals surface area contributed by atoms with E-state index in [0.717, 1.165) is 51.3 Å². The van der Waals surface area contributed by atoms with Crippen LogP contribution in [0.5, 0.6) is 0 Å². The van der Waals surface area contributed by atoms with Crippen molar-refractivity contribution in [3.05, 3.63) is 58.9 Å². The molecule has 0 radical (unpaired) electrons. The summed E-state index contributed by atoms with van der Waals surface area (Å²) in [7, 11) is 1.86. The van der Waals surface area contributed by atoms with Crippen molar-refractivity contribution < 1.29 is 9.53 Å². The zero-order valence-electron chi connectivity index (χ0n) is 25.2. The van der Waals surface area contributed by atoms with Crippen LogP contribution in [0.1, 0.15) is 59.8 Å². The van der Waals surface area contributed by atoms with Gasteiger partial charge in [-0.15, -0.1) is 0 Å². The molecule has 7 nitrogen and oxygen atoms in total. The Morgan fingerprint density at radius 3 is 2.10 bits per heavy atom. The average Bonchev–Trinajstić information content (AvgIpc) is 3.27. The molecule has 0 bridgehead atoms. The van der Waals surface area contributed by atoms with Crippen molar-refractivity contribution >= 4 is 40.4 Å². The Morgan fingerprint density at radius 1 is 1.00 bits per heavy atom. The van der Waals surface area contributed by atoms with Crippen molar-refractivity contribution in [1.29, 1.82) is 0 Å². The maximum Gasteiger partial charge on any atom is 0.410 e. The molecule has 3 heterocycles. The van der Waals surface area contributed by atoms with E-state index < -0.39 is 5.60 Å². The molecule has 2 aromatic carbocycles. The van der Waals surface area contributed by atoms with Crippen molar-refractivity contribution in [2.24, 2.45) is 5.41 Å². The van der Waals surface area contributed by atoms with E-state index >= 15 is 0 Å². The molecule has 3 aliphatic rings. The van der Waals surface area contributed by atoms with Crippen LogP contribution in [-0.4, -0.2) is 68.4 Å². The van der Waals surface area contributed by atoms with Gasteiger partial charge in [0.25, 0.3) is 0 Å². The van der Waals surface area contributed by atoms with Gasteiger partial charge in [0.15, 0.2) is 0 Å². The number of ether oxygens (including phenoxy) is 1. The summed E-state index contributed by atoms with van der Waals surface area (Å²) >= 11 is 6.36. The van der Waals surface area contributed by atoms with E-state index in [1.54, 1.807) is 4.90 Å². The molecule has 5 rings (SSSR count). The normalized spacial score (nSPS) is 21.2. The molecule has 8 heteroatoms. The molecule has 0 aliphatic carbocycles. The van der Waals surface area contributed by atoms with E-state index in [2.05, 4.69) is 50.7 Å². The third-order valence-corrected chi connectivity index (χ3v) is 9.55. The first-order valence-electron chi connectivity index (χ1n) is 15.0. The molecule has 0 N–H and O–H groups in total. The number of amides is 1. The van der Waals surface area contributed by atoms with Gasteiger partial charge in [-0.2, -0.15) is 0 Å². The molecule has 0 aromatic heterocycles. The minimum absolute atomic E-state index is 0.213. The predicted octanol–water partition coefficient (Wildman–Crippen LogP) is 7.61. The molecule has 3 fully saturated rings. The van der Waals surface area contributed by atoms with E-state index in [-0.39, 0.29) is 12.1 Å². The lowest BCUT2D eigenvalue weighted by molar-refractivity contribution is 0.0201. The highest BCUT2D eigenvalue weighted by atomic mass is 35.5. The number of anilines is 3. The first kappa shape index (κ1) is 29.4. The molecule has 1 spiro atoms. The van der Waals surface area contributed by atoms with Crippen LogP contribution >= 0.6 is 11.6 Å². The van der Waals surface area contributed by atoms with E-state index in [4.69, 9.17) is 22.9 Å². The van der Waals surface area contributed by atoms with Crippen molar-refractivity contribution in [1.82, 2.24) is 4.90 Å². The zero-order valence-corrected chi connectivity index (χ0v) is 26.0. The minimum Gasteiger partial charge on any atom is -0.444 e. The smallest absolute Gasteiger partial charge is 0.410 e. The van der Waals surface area contributed by atoms with Crippen LogP contribution in [0.4, 0.5) is 27.5 Å². The van der Waals surface area contributed by atoms with E-state index in [9.17, 15) is 4.79 Å². The van der Waals surface area contributed by atoms with Gasteiger partial charge in [0.2, 0.25) is 5.69 Å². The van der Waals surface area contributed by atoms with Gasteiger partial charge in [-0.25, -0.2) is 9.64 Å². The lowest BCUT2D eigenvalue weighted by Crippen LogP contribution is -2.47. The minimum atomic E-state index is -0.472. The van der Waals surface area contributed by atoms with Crippen LogP contribution < -0.4 is 14.7 Å². The topological polar surface area (TPSA) is 43.6 Å². The molecule has 1 atom stereocenters. The van der Waals surface area contributed by atoms with Crippen molar-refractivity contribution in [3.63, 3.8) is 0 Å². The first-order valence-corrected chi connectivity index (χ1v) is 15.3. The van der Waals surface area contributed by atoms with Gasteiger partial charge in [0, 0.05) is 73.9 Å². The summed E-state index contributed by atoms with van der Waals surface area (Å²) in [4.78, 5) is 25.2. The molecule has 41 heavy (non-hydrogen) atoms. The van der Waals surface area contributed by atoms with Gasteiger partial charge < -0.3 is 24.3 Å². The lowest BCUT2D eigenvalue weighted by atomic mass is 9.76. The molecule has 1 amide bonds. The molecule has 3 aliphatic heterocycles. The van der Waals surface area contributed by atoms with Gasteiger partial charge in [-0.1, -0.05) is 17.7 Å². The van der Waals surface area contributed by atoms with Crippen LogP contribution in [0, 0.1) is 12.0 Å². The number of piperidine rings is 2. The van der Waals surface area contributed by atoms with Gasteiger partial charge >= 0.3 is 6.09 Å². The fourth-order valence-corrected chi connectivity index (χ4v) is 7.12. The molecule has 220 valence electrons. The second-order valence-electron chi connectivity index (χ2n) is 13.2. The summed E-state index contributed by atoms with van der Waals surface area (Å²) in [6.07, 6.45) is 5.21. The van der Waals surface area contributed by atoms with Gasteiger partial charge in [0.1, 0.15) is 5.60 Å². The third-order valence-electron chi connectivity index (χ3n) is 9.25. The number of hydrogen-bond acceptors (Lipinski definition) is 5. The number of rotatable bonds is 4. The second kappa shape index (κ2) is 11.6. The number of hydrogen-bond donors (Lipinski definition) is 0. The molecule has 3 saturated heterocycles. The molecule has 0 unspecified atom stereocenters. The van der Waals surface area contributed by atoms with E-state index in [1.165, 1.54) is 30.6 Å². The van der Waals surface area contributed by atoms with Crippen LogP contribution in [0.25, 0.3) is 4.85 Å². The highest BCUT2D eigenvalue weighted by molar-refractivity contribution is 6.33. The van der Waals surface area contributed by atoms with Crippen LogP contribution in [0.15, 0.2) is 42.5 Å². The molecule has 2 aromatic rings. The summed E-state index contributed by atoms with van der Waals surface area (Å²) in [5.41, 5.74) is 4.06. The van der Waals surface area contributed by atoms with Gasteiger partial charge in [-0.3, -0.25) is 0 Å². The summed E-state index contributed by atoms with van der Waals surface area (Å²) in [5, 5.41) is 0.543. The quantitative estimate of drug-likeness (QED) is 0.350. The molecular formula is C33H44ClN5O2. The fourth-order valence-electron chi connectivity index (χ4n) is 6.90. The SMILES string of the molecule is [C-]#[N+]c1ccc(N2CC3(CCN(c4ccc(N5CCC(N(C)C(=O)OC(C)(C)C)CC5)cc4)CC3)C[C@@H]2C)cc1Cl. The first-order chi connectivity index (χ1) is 19.5. The second-order valence-corrected chi connectivity index (χ2v) is 13.6. The summed E-state index contributed by atoms with van der Waals surface area (Å²) < 4.78 is 5.56. The Morgan fingerprint density at radius 2 is 1.56 bits per heavy atom. The standard InChI is InChI=1S/C33H44ClN5O2/c1-24-22-33(23-39(24)28-11-12-30(35-5)29(34)21-28)15-19-38(20-16-33)27-9-7-26(8-10-27)37-17-13-25(14-18-37)36(6)31(40)41-32(2,3)4/h7-12,21,24-25H,13-20,22-23H2,1-4,6H3/t24-/m0/s1. The van der Waals surface area contributed by atoms with Crippen LogP contribution in [0.3, 0.4) is 0 Å². The largest absolute Gasteiger partial charge is 0.444 e. The fraction of sp³-hybridized carbons (Fsp3) is 0.576. The Bertz CT molecular complexity index is 1270. The molecule has 0 saturated carbocycles. The van der Waals surface area contributed by atoms with E-state index in [0.29, 0.717) is 22.2 Å². The van der Waals surface area contributed by atoms with E-state index in [1.807, 2.05) is 46.0 Å². The average molecular weight is 578 g/mol. The number of benzene rings is 2. The maximum atomic E-state index is 12.5. The number of nitrogens with zero attached hydrogens (tertiary/aromatic N) is 5. The summed E-state index contributed by atoms with van der Waals surface area (Å²) in [6, 6.07) is 15.6. The third kappa shape index (κ3) is 6.54. The number of carbonyl (C=O) groups is 1. The Kier molecular flexibility index (Phi) is 8.34. The highest BCUT2D eigenvalue weighted by Crippen LogP contribution is 2.46. The highest BCUT2D eigenvalue weighted by Gasteiger charge is 2.44. The van der Waals surface area contributed by atoms with Crippen molar-refractivity contribution in [2.45, 2.75) is 77.5 Å². The van der Waals surface area contributed by atoms with Crippen molar-refractivity contribution in [2.75, 3.05) is 54.5 Å². The van der Waals surface area contributed by atoms with Crippen LogP contribution in [-0.2, 0) is 4.74 Å². The van der Waals surface area contributed by atoms with Crippen molar-refractivity contribution in [3.8, 4) is 0 Å². The van der Waals surface area contributed by atoms with Gasteiger partial charge in [0.05, 0.1) is 6.57 Å². The predicted molar refractivity (Wildman–Crippen MR) is 169 cm³/mol. The molecular weight excluding hydrogens is 534 g/mol. The lowest BCUT2D eigenvalue weighted by Gasteiger charge is -2.41. The maximum absolute atomic E-state index is 12.5. The Labute approximate surface area is 250 Å². The number of carbonyl (C=O) groups excluding carboxylic acids is 1. The van der Waals surface area contributed by atoms with Crippen LogP contribution in [0.2, 0.25) is 5.02 Å². The Balaban J connectivity index is 1.13.